The van der Waals surface area contributed by atoms with Crippen LogP contribution in [0, 0.1) is 28.7 Å². The van der Waals surface area contributed by atoms with Gasteiger partial charge in [-0.05, 0) is 36.8 Å². The van der Waals surface area contributed by atoms with Crippen molar-refractivity contribution in [3.05, 3.63) is 75.1 Å². The number of hydrogen-bond acceptors (Lipinski definition) is 6. The highest BCUT2D eigenvalue weighted by molar-refractivity contribution is 6.31. The molecule has 3 rings (SSSR count). The lowest BCUT2D eigenvalue weighted by atomic mass is 10.2. The van der Waals surface area contributed by atoms with Crippen LogP contribution >= 0.6 is 11.6 Å². The molecule has 0 saturated carbocycles. The molecule has 138 valence electrons. The van der Waals surface area contributed by atoms with E-state index in [4.69, 9.17) is 11.6 Å². The largest absolute Gasteiger partial charge is 0.353 e. The summed E-state index contributed by atoms with van der Waals surface area (Å²) in [5.74, 6) is -1.91. The Hall–Kier alpha value is -3.33. The molecule has 0 saturated heterocycles. The molecule has 0 radical (unpaired) electrons. The highest BCUT2D eigenvalue weighted by Gasteiger charge is 2.24. The zero-order valence-electron chi connectivity index (χ0n) is 13.8. The van der Waals surface area contributed by atoms with Crippen LogP contribution in [0.15, 0.2) is 42.7 Å². The Labute approximate surface area is 157 Å². The summed E-state index contributed by atoms with van der Waals surface area (Å²) in [6, 6.07) is 7.73. The molecule has 0 bridgehead atoms. The number of nitro groups is 1. The van der Waals surface area contributed by atoms with Crippen LogP contribution in [-0.2, 0) is 0 Å². The molecule has 0 unspecified atom stereocenters. The van der Waals surface area contributed by atoms with Crippen molar-refractivity contribution >= 4 is 40.3 Å². The van der Waals surface area contributed by atoms with Crippen LogP contribution in [0.4, 0.5) is 37.5 Å². The third kappa shape index (κ3) is 3.93. The van der Waals surface area contributed by atoms with Gasteiger partial charge in [-0.25, -0.2) is 18.7 Å². The van der Waals surface area contributed by atoms with E-state index >= 15 is 0 Å². The van der Waals surface area contributed by atoms with Crippen molar-refractivity contribution in [3.8, 4) is 0 Å². The van der Waals surface area contributed by atoms with Gasteiger partial charge in [0, 0.05) is 16.8 Å². The summed E-state index contributed by atoms with van der Waals surface area (Å²) in [4.78, 5) is 18.5. The minimum Gasteiger partial charge on any atom is -0.334 e. The molecule has 2 N–H and O–H groups in total. The van der Waals surface area contributed by atoms with Gasteiger partial charge >= 0.3 is 5.69 Å². The topological polar surface area (TPSA) is 93.0 Å². The maximum absolute atomic E-state index is 13.9. The monoisotopic (exact) mass is 391 g/mol. The van der Waals surface area contributed by atoms with Crippen LogP contribution in [0.3, 0.4) is 0 Å². The molecule has 0 amide bonds. The first-order chi connectivity index (χ1) is 12.9. The van der Waals surface area contributed by atoms with E-state index in [1.54, 1.807) is 25.1 Å². The fourth-order valence-corrected chi connectivity index (χ4v) is 2.50. The second-order valence-electron chi connectivity index (χ2n) is 5.46. The summed E-state index contributed by atoms with van der Waals surface area (Å²) in [5, 5.41) is 17.3. The molecule has 0 aliphatic heterocycles. The van der Waals surface area contributed by atoms with Gasteiger partial charge in [-0.1, -0.05) is 17.7 Å². The van der Waals surface area contributed by atoms with Crippen LogP contribution in [0.2, 0.25) is 5.02 Å². The van der Waals surface area contributed by atoms with Crippen LogP contribution in [0.25, 0.3) is 0 Å². The minimum absolute atomic E-state index is 0.125. The lowest BCUT2D eigenvalue weighted by Crippen LogP contribution is -2.07. The Bertz CT molecular complexity index is 1010. The van der Waals surface area contributed by atoms with E-state index in [1.807, 2.05) is 0 Å². The molecule has 0 fully saturated rings. The Balaban J connectivity index is 2.04. The number of nitrogens with one attached hydrogen (secondary N) is 2. The van der Waals surface area contributed by atoms with Gasteiger partial charge < -0.3 is 10.6 Å². The molecule has 0 aliphatic carbocycles. The quantitative estimate of drug-likeness (QED) is 0.463. The molecule has 1 aromatic heterocycles. The van der Waals surface area contributed by atoms with Gasteiger partial charge in [0.2, 0.25) is 11.6 Å². The number of benzene rings is 2. The summed E-state index contributed by atoms with van der Waals surface area (Å²) < 4.78 is 27.2. The van der Waals surface area contributed by atoms with Crippen molar-refractivity contribution in [2.75, 3.05) is 10.6 Å². The average Bonchev–Trinajstić information content (AvgIpc) is 2.62. The lowest BCUT2D eigenvalue weighted by Gasteiger charge is -2.12. The van der Waals surface area contributed by atoms with Crippen LogP contribution in [0.5, 0.6) is 0 Å². The molecular formula is C17H12ClF2N5O2. The van der Waals surface area contributed by atoms with Gasteiger partial charge in [0.1, 0.15) is 18.0 Å². The SMILES string of the molecule is Cc1c(Cl)cccc1Nc1ncnc(Nc2cc(F)ccc2F)c1[N+](=O)[O-]. The fraction of sp³-hybridized carbons (Fsp3) is 0.0588. The van der Waals surface area contributed by atoms with Crippen molar-refractivity contribution in [2.24, 2.45) is 0 Å². The second kappa shape index (κ2) is 7.50. The predicted molar refractivity (Wildman–Crippen MR) is 97.8 cm³/mol. The number of anilines is 4. The molecule has 7 nitrogen and oxygen atoms in total. The van der Waals surface area contributed by atoms with E-state index in [0.29, 0.717) is 16.3 Å². The van der Waals surface area contributed by atoms with Gasteiger partial charge in [-0.3, -0.25) is 10.1 Å². The summed E-state index contributed by atoms with van der Waals surface area (Å²) in [6.45, 7) is 1.74. The Morgan fingerprint density at radius 2 is 1.74 bits per heavy atom. The highest BCUT2D eigenvalue weighted by Crippen LogP contribution is 2.35. The van der Waals surface area contributed by atoms with Gasteiger partial charge in [-0.15, -0.1) is 0 Å². The van der Waals surface area contributed by atoms with Gasteiger partial charge in [0.05, 0.1) is 10.6 Å². The number of nitrogens with zero attached hydrogens (tertiary/aromatic N) is 3. The van der Waals surface area contributed by atoms with Gasteiger partial charge in [-0.2, -0.15) is 0 Å². The van der Waals surface area contributed by atoms with Crippen molar-refractivity contribution in [1.29, 1.82) is 0 Å². The van der Waals surface area contributed by atoms with Crippen LogP contribution in [0.1, 0.15) is 5.56 Å². The zero-order valence-corrected chi connectivity index (χ0v) is 14.6. The number of halogens is 3. The maximum atomic E-state index is 13.9. The third-order valence-corrected chi connectivity index (χ3v) is 4.12. The van der Waals surface area contributed by atoms with E-state index in [9.17, 15) is 18.9 Å². The van der Waals surface area contributed by atoms with E-state index in [0.717, 1.165) is 24.5 Å². The Morgan fingerprint density at radius 1 is 1.07 bits per heavy atom. The van der Waals surface area contributed by atoms with E-state index in [2.05, 4.69) is 20.6 Å². The van der Waals surface area contributed by atoms with Crippen LogP contribution < -0.4 is 10.6 Å². The fourth-order valence-electron chi connectivity index (χ4n) is 2.33. The molecule has 2 aromatic carbocycles. The average molecular weight is 392 g/mol. The van der Waals surface area contributed by atoms with Gasteiger partial charge in [0.15, 0.2) is 0 Å². The van der Waals surface area contributed by atoms with Crippen molar-refractivity contribution < 1.29 is 13.7 Å². The molecular weight excluding hydrogens is 380 g/mol. The van der Waals surface area contributed by atoms with Crippen molar-refractivity contribution in [3.63, 3.8) is 0 Å². The normalized spacial score (nSPS) is 10.5. The highest BCUT2D eigenvalue weighted by atomic mass is 35.5. The predicted octanol–water partition coefficient (Wildman–Crippen LogP) is 5.11. The van der Waals surface area contributed by atoms with E-state index in [-0.39, 0.29) is 17.3 Å². The molecule has 0 atom stereocenters. The smallest absolute Gasteiger partial charge is 0.334 e. The summed E-state index contributed by atoms with van der Waals surface area (Å²) in [6.07, 6.45) is 1.06. The van der Waals surface area contributed by atoms with E-state index < -0.39 is 22.2 Å². The second-order valence-corrected chi connectivity index (χ2v) is 5.87. The number of hydrogen-bond donors (Lipinski definition) is 2. The van der Waals surface area contributed by atoms with Crippen molar-refractivity contribution in [1.82, 2.24) is 9.97 Å². The minimum atomic E-state index is -0.787. The summed E-state index contributed by atoms with van der Waals surface area (Å²) in [5.41, 5.74) is 0.354. The van der Waals surface area contributed by atoms with Gasteiger partial charge in [0.25, 0.3) is 0 Å². The first kappa shape index (κ1) is 18.5. The molecule has 0 spiro atoms. The Kier molecular flexibility index (Phi) is 5.13. The Morgan fingerprint density at radius 3 is 2.41 bits per heavy atom. The molecule has 27 heavy (non-hydrogen) atoms. The lowest BCUT2D eigenvalue weighted by molar-refractivity contribution is -0.383. The first-order valence-electron chi connectivity index (χ1n) is 7.60. The number of aromatic nitrogens is 2. The first-order valence-corrected chi connectivity index (χ1v) is 7.98. The van der Waals surface area contributed by atoms with Crippen LogP contribution in [-0.4, -0.2) is 14.9 Å². The third-order valence-electron chi connectivity index (χ3n) is 3.71. The zero-order chi connectivity index (χ0) is 19.6. The summed E-state index contributed by atoms with van der Waals surface area (Å²) in [7, 11) is 0. The molecule has 1 heterocycles. The molecule has 0 aliphatic rings. The molecule has 10 heteroatoms. The number of rotatable bonds is 5. The van der Waals surface area contributed by atoms with Crippen molar-refractivity contribution in [2.45, 2.75) is 6.92 Å². The standard InChI is InChI=1S/C17H12ClF2N5O2/c1-9-11(18)3-2-4-13(9)23-16-15(25(26)27)17(22-8-21-16)24-14-7-10(19)5-6-12(14)20/h2-8H,1H3,(H2,21,22,23,24). The maximum Gasteiger partial charge on any atom is 0.353 e. The molecule has 3 aromatic rings. The summed E-state index contributed by atoms with van der Waals surface area (Å²) >= 11 is 6.06. The van der Waals surface area contributed by atoms with E-state index in [1.165, 1.54) is 0 Å².